The number of aliphatic hydroxyl groups is 1. The minimum absolute atomic E-state index is 0.327. The Labute approximate surface area is 179 Å². The molecule has 2 N–H and O–H groups in total. The number of ether oxygens (including phenoxy) is 3. The molecule has 3 aromatic rings. The highest BCUT2D eigenvalue weighted by Gasteiger charge is 2.23. The number of methoxy groups -OCH3 is 1. The van der Waals surface area contributed by atoms with Crippen LogP contribution in [0.25, 0.3) is 0 Å². The Morgan fingerprint density at radius 1 is 1.03 bits per heavy atom. The topological polar surface area (TPSA) is 77.0 Å². The van der Waals surface area contributed by atoms with E-state index in [0.29, 0.717) is 57.9 Å². The molecule has 1 aliphatic rings. The van der Waals surface area contributed by atoms with Gasteiger partial charge in [0.15, 0.2) is 11.5 Å². The zero-order chi connectivity index (χ0) is 21.1. The number of carbonyl (C=O) groups excluding carboxylic acids is 1. The first-order valence-electron chi connectivity index (χ1n) is 9.37. The molecule has 0 fully saturated rings. The molecular weight excluding hydrogens is 406 g/mol. The summed E-state index contributed by atoms with van der Waals surface area (Å²) < 4.78 is 16.5. The van der Waals surface area contributed by atoms with Gasteiger partial charge in [0.05, 0.1) is 12.8 Å². The first-order chi connectivity index (χ1) is 14.5. The smallest absolute Gasteiger partial charge is 0.255 e. The number of halogens is 1. The molecule has 4 rings (SSSR count). The van der Waals surface area contributed by atoms with Crippen molar-refractivity contribution in [3.05, 3.63) is 82.4 Å². The second-order valence-electron chi connectivity index (χ2n) is 6.72. The summed E-state index contributed by atoms with van der Waals surface area (Å²) in [4.78, 5) is 12.8. The van der Waals surface area contributed by atoms with E-state index in [1.54, 1.807) is 67.8 Å². The molecule has 1 atom stereocenters. The molecule has 0 unspecified atom stereocenters. The maximum atomic E-state index is 12.8. The largest absolute Gasteiger partial charge is 0.497 e. The monoisotopic (exact) mass is 425 g/mol. The number of aliphatic hydroxyl groups excluding tert-OH is 1. The van der Waals surface area contributed by atoms with Gasteiger partial charge in [-0.05, 0) is 48.0 Å². The minimum Gasteiger partial charge on any atom is -0.497 e. The molecule has 0 radical (unpaired) electrons. The highest BCUT2D eigenvalue weighted by molar-refractivity contribution is 6.30. The van der Waals surface area contributed by atoms with E-state index in [9.17, 15) is 9.90 Å². The molecule has 6 nitrogen and oxygen atoms in total. The number of amides is 1. The molecule has 0 bridgehead atoms. The molecule has 154 valence electrons. The Bertz CT molecular complexity index is 1050. The van der Waals surface area contributed by atoms with Gasteiger partial charge in [-0.15, -0.1) is 0 Å². The van der Waals surface area contributed by atoms with Crippen LogP contribution in [0, 0.1) is 0 Å². The number of hydrogen-bond acceptors (Lipinski definition) is 5. The van der Waals surface area contributed by atoms with Gasteiger partial charge in [0.2, 0.25) is 0 Å². The van der Waals surface area contributed by atoms with Gasteiger partial charge < -0.3 is 24.6 Å². The molecule has 0 saturated heterocycles. The van der Waals surface area contributed by atoms with Crippen molar-refractivity contribution < 1.29 is 24.1 Å². The second kappa shape index (κ2) is 8.65. The maximum Gasteiger partial charge on any atom is 0.255 e. The van der Waals surface area contributed by atoms with E-state index in [-0.39, 0.29) is 5.91 Å². The third-order valence-corrected chi connectivity index (χ3v) is 5.05. The lowest BCUT2D eigenvalue weighted by Gasteiger charge is -2.23. The first-order valence-corrected chi connectivity index (χ1v) is 9.75. The average molecular weight is 426 g/mol. The molecule has 1 heterocycles. The fraction of sp³-hybridized carbons (Fsp3) is 0.174. The van der Waals surface area contributed by atoms with Crippen LogP contribution < -0.4 is 19.5 Å². The normalized spacial score (nSPS) is 13.4. The van der Waals surface area contributed by atoms with E-state index in [0.717, 1.165) is 0 Å². The van der Waals surface area contributed by atoms with Gasteiger partial charge in [-0.25, -0.2) is 0 Å². The Morgan fingerprint density at radius 3 is 2.30 bits per heavy atom. The summed E-state index contributed by atoms with van der Waals surface area (Å²) in [5.74, 6) is 1.39. The Hall–Kier alpha value is -3.22. The van der Waals surface area contributed by atoms with Crippen LogP contribution >= 0.6 is 11.6 Å². The van der Waals surface area contributed by atoms with E-state index in [1.807, 2.05) is 0 Å². The highest BCUT2D eigenvalue weighted by atomic mass is 35.5. The summed E-state index contributed by atoms with van der Waals surface area (Å²) in [6.07, 6.45) is -0.993. The first kappa shape index (κ1) is 20.1. The molecule has 1 amide bonds. The van der Waals surface area contributed by atoms with Crippen molar-refractivity contribution in [2.24, 2.45) is 0 Å². The molecule has 0 aromatic heterocycles. The van der Waals surface area contributed by atoms with E-state index in [2.05, 4.69) is 5.32 Å². The predicted molar refractivity (Wildman–Crippen MR) is 114 cm³/mol. The van der Waals surface area contributed by atoms with Crippen molar-refractivity contribution >= 4 is 23.2 Å². The lowest BCUT2D eigenvalue weighted by molar-refractivity contribution is 0.102. The number of nitrogens with one attached hydrogen (secondary N) is 1. The minimum atomic E-state index is -0.993. The van der Waals surface area contributed by atoms with Gasteiger partial charge in [-0.1, -0.05) is 23.7 Å². The molecule has 3 aromatic carbocycles. The number of carbonyl (C=O) groups is 1. The van der Waals surface area contributed by atoms with Gasteiger partial charge >= 0.3 is 0 Å². The standard InChI is InChI=1S/C23H20ClNO5/c1-28-17-8-4-14(5-9-17)22(26)18-12-20-21(30-11-10-29-20)13-19(18)25-23(27)15-2-6-16(24)7-3-15/h2-9,12-13,22,26H,10-11H2,1H3,(H,25,27)/t22-/m0/s1. The van der Waals surface area contributed by atoms with Gasteiger partial charge in [0.25, 0.3) is 5.91 Å². The third-order valence-electron chi connectivity index (χ3n) is 4.80. The van der Waals surface area contributed by atoms with Crippen LogP contribution in [0.5, 0.6) is 17.2 Å². The highest BCUT2D eigenvalue weighted by Crippen LogP contribution is 2.40. The number of benzene rings is 3. The van der Waals surface area contributed by atoms with Crippen LogP contribution in [0.4, 0.5) is 5.69 Å². The second-order valence-corrected chi connectivity index (χ2v) is 7.16. The summed E-state index contributed by atoms with van der Waals surface area (Å²) in [5.41, 5.74) is 2.02. The maximum absolute atomic E-state index is 12.8. The van der Waals surface area contributed by atoms with Crippen molar-refractivity contribution in [3.8, 4) is 17.2 Å². The number of fused-ring (bicyclic) bond motifs is 1. The van der Waals surface area contributed by atoms with Crippen molar-refractivity contribution in [2.75, 3.05) is 25.6 Å². The van der Waals surface area contributed by atoms with Gasteiger partial charge in [0, 0.05) is 22.2 Å². The van der Waals surface area contributed by atoms with Gasteiger partial charge in [0.1, 0.15) is 25.1 Å². The van der Waals surface area contributed by atoms with E-state index in [4.69, 9.17) is 25.8 Å². The van der Waals surface area contributed by atoms with Gasteiger partial charge in [-0.2, -0.15) is 0 Å². The lowest BCUT2D eigenvalue weighted by Crippen LogP contribution is -2.18. The SMILES string of the molecule is COc1ccc([C@H](O)c2cc3c(cc2NC(=O)c2ccc(Cl)cc2)OCCO3)cc1. The summed E-state index contributed by atoms with van der Waals surface area (Å²) >= 11 is 5.91. The summed E-state index contributed by atoms with van der Waals surface area (Å²) in [6.45, 7) is 0.833. The Kier molecular flexibility index (Phi) is 5.79. The van der Waals surface area contributed by atoms with Crippen molar-refractivity contribution in [2.45, 2.75) is 6.10 Å². The van der Waals surface area contributed by atoms with E-state index >= 15 is 0 Å². The summed E-state index contributed by atoms with van der Waals surface area (Å²) in [7, 11) is 1.58. The zero-order valence-corrected chi connectivity index (χ0v) is 17.0. The third kappa shape index (κ3) is 4.20. The molecular formula is C23H20ClNO5. The van der Waals surface area contributed by atoms with Crippen LogP contribution in [-0.2, 0) is 0 Å². The van der Waals surface area contributed by atoms with E-state index in [1.165, 1.54) is 0 Å². The molecule has 0 spiro atoms. The van der Waals surface area contributed by atoms with E-state index < -0.39 is 6.10 Å². The molecule has 0 saturated carbocycles. The zero-order valence-electron chi connectivity index (χ0n) is 16.2. The molecule has 0 aliphatic carbocycles. The Balaban J connectivity index is 1.70. The van der Waals surface area contributed by atoms with Crippen LogP contribution in [-0.4, -0.2) is 31.3 Å². The van der Waals surface area contributed by atoms with Crippen molar-refractivity contribution in [1.29, 1.82) is 0 Å². The van der Waals surface area contributed by atoms with Crippen LogP contribution in [0.3, 0.4) is 0 Å². The quantitative estimate of drug-likeness (QED) is 0.631. The lowest BCUT2D eigenvalue weighted by atomic mass is 9.98. The number of anilines is 1. The van der Waals surface area contributed by atoms with Gasteiger partial charge in [-0.3, -0.25) is 4.79 Å². The molecule has 30 heavy (non-hydrogen) atoms. The molecule has 1 aliphatic heterocycles. The van der Waals surface area contributed by atoms with Crippen LogP contribution in [0.2, 0.25) is 5.02 Å². The molecule has 7 heteroatoms. The fourth-order valence-electron chi connectivity index (χ4n) is 3.20. The number of hydrogen-bond donors (Lipinski definition) is 2. The summed E-state index contributed by atoms with van der Waals surface area (Å²) in [5, 5.41) is 14.5. The van der Waals surface area contributed by atoms with Crippen molar-refractivity contribution in [3.63, 3.8) is 0 Å². The predicted octanol–water partition coefficient (Wildman–Crippen LogP) is 4.45. The van der Waals surface area contributed by atoms with Crippen LogP contribution in [0.1, 0.15) is 27.6 Å². The van der Waals surface area contributed by atoms with Crippen LogP contribution in [0.15, 0.2) is 60.7 Å². The summed E-state index contributed by atoms with van der Waals surface area (Å²) in [6, 6.07) is 17.0. The number of rotatable bonds is 5. The average Bonchev–Trinajstić information content (AvgIpc) is 2.78. The van der Waals surface area contributed by atoms with Crippen molar-refractivity contribution in [1.82, 2.24) is 0 Å². The fourth-order valence-corrected chi connectivity index (χ4v) is 3.33. The Morgan fingerprint density at radius 2 is 1.67 bits per heavy atom.